The van der Waals surface area contributed by atoms with E-state index in [9.17, 15) is 0 Å². The van der Waals surface area contributed by atoms with Crippen LogP contribution in [0.5, 0.6) is 0 Å². The van der Waals surface area contributed by atoms with Gasteiger partial charge in [-0.2, -0.15) is 0 Å². The Hall–Kier alpha value is -0.740. The zero-order chi connectivity index (χ0) is 18.7. The summed E-state index contributed by atoms with van der Waals surface area (Å²) in [6.07, 6.45) is 9.39. The topological polar surface area (TPSA) is 9.23 Å². The fourth-order valence-corrected chi connectivity index (χ4v) is 3.33. The smallest absolute Gasteiger partial charge is 0.146 e. The highest BCUT2D eigenvalue weighted by atomic mass is 35.5. The van der Waals surface area contributed by atoms with Gasteiger partial charge in [-0.3, -0.25) is 0 Å². The van der Waals surface area contributed by atoms with Crippen LogP contribution in [0, 0.1) is 24.7 Å². The van der Waals surface area contributed by atoms with Crippen LogP contribution in [0.3, 0.4) is 0 Å². The van der Waals surface area contributed by atoms with Crippen molar-refractivity contribution in [1.82, 2.24) is 0 Å². The molecule has 2 atom stereocenters. The molecule has 25 heavy (non-hydrogen) atoms. The monoisotopic (exact) mass is 450 g/mol. The zero-order valence-corrected chi connectivity index (χ0v) is 16.8. The molecule has 0 spiro atoms. The minimum absolute atomic E-state index is 0.287. The Labute approximate surface area is 176 Å². The third-order valence-corrected chi connectivity index (χ3v) is 5.32. The molecule has 0 aliphatic rings. The molecule has 0 bridgehead atoms. The van der Waals surface area contributed by atoms with Crippen LogP contribution in [0.1, 0.15) is 23.3 Å². The van der Waals surface area contributed by atoms with Gasteiger partial charge in [-0.1, -0.05) is 81.4 Å². The van der Waals surface area contributed by atoms with Gasteiger partial charge < -0.3 is 4.74 Å². The van der Waals surface area contributed by atoms with E-state index in [0.717, 1.165) is 0 Å². The molecule has 0 aliphatic heterocycles. The van der Waals surface area contributed by atoms with Gasteiger partial charge in [0.1, 0.15) is 12.2 Å². The molecule has 7 heteroatoms. The van der Waals surface area contributed by atoms with Crippen molar-refractivity contribution in [2.45, 2.75) is 12.2 Å². The minimum Gasteiger partial charge on any atom is -0.340 e. The molecule has 0 heterocycles. The van der Waals surface area contributed by atoms with E-state index in [4.69, 9.17) is 87.2 Å². The highest BCUT2D eigenvalue weighted by Crippen LogP contribution is 2.38. The van der Waals surface area contributed by atoms with Gasteiger partial charge in [-0.15, -0.1) is 12.8 Å². The van der Waals surface area contributed by atoms with Gasteiger partial charge in [-0.25, -0.2) is 0 Å². The summed E-state index contributed by atoms with van der Waals surface area (Å²) >= 11 is 36.3. The highest BCUT2D eigenvalue weighted by molar-refractivity contribution is 6.44. The number of rotatable bonds is 4. The van der Waals surface area contributed by atoms with Gasteiger partial charge in [-0.05, 0) is 24.3 Å². The van der Waals surface area contributed by atoms with Crippen molar-refractivity contribution < 1.29 is 4.74 Å². The lowest BCUT2D eigenvalue weighted by molar-refractivity contribution is 0.0517. The van der Waals surface area contributed by atoms with Gasteiger partial charge >= 0.3 is 0 Å². The molecule has 1 nitrogen and oxygen atoms in total. The van der Waals surface area contributed by atoms with Crippen LogP contribution in [0.2, 0.25) is 30.1 Å². The second kappa shape index (κ2) is 8.77. The fraction of sp³-hybridized carbons (Fsp3) is 0.111. The summed E-state index contributed by atoms with van der Waals surface area (Å²) in [6.45, 7) is 0. The Morgan fingerprint density at radius 2 is 0.920 bits per heavy atom. The van der Waals surface area contributed by atoms with Gasteiger partial charge in [0.2, 0.25) is 0 Å². The fourth-order valence-electron chi connectivity index (χ4n) is 2.02. The van der Waals surface area contributed by atoms with E-state index in [1.807, 2.05) is 0 Å². The Balaban J connectivity index is 2.41. The Morgan fingerprint density at radius 3 is 1.24 bits per heavy atom. The van der Waals surface area contributed by atoms with Crippen LogP contribution in [0.15, 0.2) is 24.3 Å². The maximum atomic E-state index is 6.19. The molecule has 0 aromatic heterocycles. The van der Waals surface area contributed by atoms with Crippen LogP contribution in [-0.4, -0.2) is 0 Å². The number of halogens is 6. The quantitative estimate of drug-likeness (QED) is 0.341. The van der Waals surface area contributed by atoms with Crippen LogP contribution in [0.25, 0.3) is 0 Å². The molecule has 0 fully saturated rings. The predicted octanol–water partition coefficient (Wildman–Crippen LogP) is 7.67. The van der Waals surface area contributed by atoms with E-state index in [2.05, 4.69) is 11.8 Å². The lowest BCUT2D eigenvalue weighted by Gasteiger charge is -2.21. The van der Waals surface area contributed by atoms with Crippen molar-refractivity contribution in [3.8, 4) is 24.7 Å². The second-order valence-corrected chi connectivity index (χ2v) is 7.25. The van der Waals surface area contributed by atoms with Crippen LogP contribution < -0.4 is 0 Å². The van der Waals surface area contributed by atoms with Crippen LogP contribution >= 0.6 is 69.6 Å². The predicted molar refractivity (Wildman–Crippen MR) is 107 cm³/mol. The Morgan fingerprint density at radius 1 is 0.600 bits per heavy atom. The van der Waals surface area contributed by atoms with Gasteiger partial charge in [0, 0.05) is 21.2 Å². The first-order chi connectivity index (χ1) is 11.8. The lowest BCUT2D eigenvalue weighted by Crippen LogP contribution is -2.09. The highest BCUT2D eigenvalue weighted by Gasteiger charge is 2.22. The van der Waals surface area contributed by atoms with E-state index in [-0.39, 0.29) is 10.0 Å². The number of ether oxygens (including phenoxy) is 1. The summed E-state index contributed by atoms with van der Waals surface area (Å²) < 4.78 is 5.83. The van der Waals surface area contributed by atoms with E-state index in [1.165, 1.54) is 24.3 Å². The third kappa shape index (κ3) is 4.71. The summed E-state index contributed by atoms with van der Waals surface area (Å²) in [7, 11) is 0. The SMILES string of the molecule is C#CC(OC(C#C)c1cc(Cl)c(Cl)cc1Cl)c1cc(Cl)c(Cl)cc1Cl. The summed E-state index contributed by atoms with van der Waals surface area (Å²) in [5, 5.41) is 1.77. The minimum atomic E-state index is -0.881. The summed E-state index contributed by atoms with van der Waals surface area (Å²) in [6, 6.07) is 6.01. The summed E-state index contributed by atoms with van der Waals surface area (Å²) in [5.74, 6) is 4.96. The first-order valence-corrected chi connectivity index (χ1v) is 8.91. The average molecular weight is 453 g/mol. The summed E-state index contributed by atoms with van der Waals surface area (Å²) in [5.41, 5.74) is 0.907. The Kier molecular flexibility index (Phi) is 7.21. The van der Waals surface area contributed by atoms with Crippen molar-refractivity contribution in [2.75, 3.05) is 0 Å². The normalized spacial score (nSPS) is 13.0. The first kappa shape index (κ1) is 20.6. The number of hydrogen-bond donors (Lipinski definition) is 0. The number of benzene rings is 2. The molecule has 2 aromatic carbocycles. The molecule has 2 unspecified atom stereocenters. The van der Waals surface area contributed by atoms with Crippen molar-refractivity contribution in [3.63, 3.8) is 0 Å². The van der Waals surface area contributed by atoms with Crippen molar-refractivity contribution >= 4 is 69.6 Å². The third-order valence-electron chi connectivity index (χ3n) is 3.22. The van der Waals surface area contributed by atoms with E-state index >= 15 is 0 Å². The van der Waals surface area contributed by atoms with Crippen LogP contribution in [-0.2, 0) is 4.74 Å². The molecule has 0 aliphatic carbocycles. The molecule has 0 amide bonds. The van der Waals surface area contributed by atoms with Crippen molar-refractivity contribution in [2.24, 2.45) is 0 Å². The lowest BCUT2D eigenvalue weighted by atomic mass is 10.1. The maximum Gasteiger partial charge on any atom is 0.146 e. The largest absolute Gasteiger partial charge is 0.340 e. The number of hydrogen-bond acceptors (Lipinski definition) is 1. The van der Waals surface area contributed by atoms with Crippen molar-refractivity contribution in [3.05, 3.63) is 65.5 Å². The first-order valence-electron chi connectivity index (χ1n) is 6.65. The van der Waals surface area contributed by atoms with Gasteiger partial charge in [0.15, 0.2) is 0 Å². The van der Waals surface area contributed by atoms with Crippen LogP contribution in [0.4, 0.5) is 0 Å². The molecule has 128 valence electrons. The molecule has 0 radical (unpaired) electrons. The molecule has 0 saturated carbocycles. The molecule has 0 N–H and O–H groups in total. The van der Waals surface area contributed by atoms with E-state index in [0.29, 0.717) is 31.2 Å². The molecular formula is C18H8Cl6O. The number of terminal acetylenes is 2. The van der Waals surface area contributed by atoms with Gasteiger partial charge in [0.05, 0.1) is 20.1 Å². The molecule has 2 aromatic rings. The van der Waals surface area contributed by atoms with E-state index < -0.39 is 12.2 Å². The van der Waals surface area contributed by atoms with E-state index in [1.54, 1.807) is 0 Å². The molecular weight excluding hydrogens is 445 g/mol. The second-order valence-electron chi connectivity index (χ2n) is 4.81. The van der Waals surface area contributed by atoms with Crippen molar-refractivity contribution in [1.29, 1.82) is 0 Å². The Bertz CT molecular complexity index is 820. The average Bonchev–Trinajstić information content (AvgIpc) is 2.56. The zero-order valence-electron chi connectivity index (χ0n) is 12.3. The molecule has 2 rings (SSSR count). The maximum absolute atomic E-state index is 6.19. The molecule has 0 saturated heterocycles. The van der Waals surface area contributed by atoms with Gasteiger partial charge in [0.25, 0.3) is 0 Å². The standard InChI is InChI=1S/C18H8Cl6O/c1-3-17(9-5-13(21)15(23)7-11(9)19)25-18(4-2)10-6-14(22)16(24)8-12(10)20/h1-2,5-8,17-18H. The summed E-state index contributed by atoms with van der Waals surface area (Å²) in [4.78, 5) is 0.